The summed E-state index contributed by atoms with van der Waals surface area (Å²) in [5.74, 6) is -0.379. The number of hydrogen-bond donors (Lipinski definition) is 0. The van der Waals surface area contributed by atoms with Crippen LogP contribution in [0, 0.1) is 16.0 Å². The second-order valence-corrected chi connectivity index (χ2v) is 6.06. The molecule has 0 aliphatic carbocycles. The lowest BCUT2D eigenvalue weighted by molar-refractivity contribution is -0.385. The third-order valence-electron chi connectivity index (χ3n) is 4.10. The van der Waals surface area contributed by atoms with Crippen molar-refractivity contribution in [2.75, 3.05) is 20.2 Å². The number of benzene rings is 1. The maximum Gasteiger partial charge on any atom is 0.387 e. The number of methoxy groups -OCH3 is 1. The number of nitro groups is 1. The van der Waals surface area contributed by atoms with Crippen LogP contribution in [0.1, 0.15) is 25.3 Å². The molecule has 1 atom stereocenters. The topological polar surface area (TPSA) is 81.9 Å². The van der Waals surface area contributed by atoms with Crippen molar-refractivity contribution in [1.82, 2.24) is 4.90 Å². The van der Waals surface area contributed by atoms with Gasteiger partial charge in [0.25, 0.3) is 5.69 Å². The zero-order chi connectivity index (χ0) is 19.3. The highest BCUT2D eigenvalue weighted by Crippen LogP contribution is 2.36. The quantitative estimate of drug-likeness (QED) is 0.435. The maximum absolute atomic E-state index is 12.4. The Labute approximate surface area is 149 Å². The Balaban J connectivity index is 2.29. The van der Waals surface area contributed by atoms with E-state index < -0.39 is 23.0 Å². The van der Waals surface area contributed by atoms with Gasteiger partial charge in [-0.2, -0.15) is 8.78 Å². The van der Waals surface area contributed by atoms with Gasteiger partial charge in [0, 0.05) is 19.2 Å². The summed E-state index contributed by atoms with van der Waals surface area (Å²) in [6, 6.07) is 2.05. The number of hydrogen-bond acceptors (Lipinski definition) is 5. The Hall–Kier alpha value is -2.71. The molecule has 26 heavy (non-hydrogen) atoms. The van der Waals surface area contributed by atoms with Crippen molar-refractivity contribution in [3.63, 3.8) is 0 Å². The number of likely N-dealkylation sites (tertiary alicyclic amines) is 1. The van der Waals surface area contributed by atoms with Gasteiger partial charge in [-0.1, -0.05) is 6.92 Å². The second-order valence-electron chi connectivity index (χ2n) is 6.06. The fourth-order valence-corrected chi connectivity index (χ4v) is 2.86. The van der Waals surface area contributed by atoms with Crippen LogP contribution in [-0.4, -0.2) is 42.5 Å². The summed E-state index contributed by atoms with van der Waals surface area (Å²) in [7, 11) is 1.23. The number of piperidine rings is 1. The first-order chi connectivity index (χ1) is 12.3. The third-order valence-corrected chi connectivity index (χ3v) is 4.10. The highest BCUT2D eigenvalue weighted by atomic mass is 19.3. The van der Waals surface area contributed by atoms with E-state index in [1.807, 2.05) is 0 Å². The molecule has 1 heterocycles. The van der Waals surface area contributed by atoms with Gasteiger partial charge in [-0.15, -0.1) is 0 Å². The normalized spacial score (nSPS) is 17.6. The van der Waals surface area contributed by atoms with Gasteiger partial charge in [0.2, 0.25) is 5.91 Å². The van der Waals surface area contributed by atoms with Gasteiger partial charge in [0.1, 0.15) is 0 Å². The standard InChI is InChI=1S/C17H20F2N2O5/c1-11-4-3-7-20(10-11)16(22)6-5-12-8-14(25-2)15(26-17(18)19)9-13(12)21(23)24/h5-6,8-9,11,17H,3-4,7,10H2,1-2H3/b6-5+. The van der Waals surface area contributed by atoms with Crippen LogP contribution in [0.5, 0.6) is 11.5 Å². The summed E-state index contributed by atoms with van der Waals surface area (Å²) in [5, 5.41) is 11.2. The monoisotopic (exact) mass is 370 g/mol. The number of ether oxygens (including phenoxy) is 2. The fraction of sp³-hybridized carbons (Fsp3) is 0.471. The van der Waals surface area contributed by atoms with E-state index in [2.05, 4.69) is 11.7 Å². The van der Waals surface area contributed by atoms with E-state index in [0.29, 0.717) is 19.0 Å². The van der Waals surface area contributed by atoms with E-state index in [9.17, 15) is 23.7 Å². The van der Waals surface area contributed by atoms with Gasteiger partial charge < -0.3 is 14.4 Å². The number of amides is 1. The predicted molar refractivity (Wildman–Crippen MR) is 90.3 cm³/mol. The van der Waals surface area contributed by atoms with Crippen LogP contribution in [0.3, 0.4) is 0 Å². The van der Waals surface area contributed by atoms with Crippen LogP contribution in [0.2, 0.25) is 0 Å². The van der Waals surface area contributed by atoms with E-state index in [4.69, 9.17) is 4.74 Å². The Kier molecular flexibility index (Phi) is 6.48. The van der Waals surface area contributed by atoms with E-state index in [-0.39, 0.29) is 17.2 Å². The molecule has 0 saturated carbocycles. The first kappa shape index (κ1) is 19.6. The highest BCUT2D eigenvalue weighted by molar-refractivity contribution is 5.92. The molecule has 1 fully saturated rings. The van der Waals surface area contributed by atoms with Crippen LogP contribution in [0.4, 0.5) is 14.5 Å². The molecule has 0 aromatic heterocycles. The number of alkyl halides is 2. The second kappa shape index (κ2) is 8.59. The Morgan fingerprint density at radius 3 is 2.73 bits per heavy atom. The molecule has 142 valence electrons. The zero-order valence-electron chi connectivity index (χ0n) is 14.5. The highest BCUT2D eigenvalue weighted by Gasteiger charge is 2.22. The Morgan fingerprint density at radius 2 is 2.15 bits per heavy atom. The number of carbonyl (C=O) groups is 1. The van der Waals surface area contributed by atoms with Crippen LogP contribution in [0.15, 0.2) is 18.2 Å². The molecule has 1 aromatic rings. The summed E-state index contributed by atoms with van der Waals surface area (Å²) in [4.78, 5) is 24.5. The lowest BCUT2D eigenvalue weighted by atomic mass is 10.0. The molecule has 0 spiro atoms. The molecule has 0 radical (unpaired) electrons. The largest absolute Gasteiger partial charge is 0.493 e. The average Bonchev–Trinajstić information content (AvgIpc) is 2.59. The molecule has 1 aromatic carbocycles. The van der Waals surface area contributed by atoms with Gasteiger partial charge in [-0.05, 0) is 30.9 Å². The molecule has 0 bridgehead atoms. The van der Waals surface area contributed by atoms with Crippen molar-refractivity contribution in [3.8, 4) is 11.5 Å². The minimum Gasteiger partial charge on any atom is -0.493 e. The first-order valence-corrected chi connectivity index (χ1v) is 8.10. The molecule has 1 aliphatic rings. The van der Waals surface area contributed by atoms with Gasteiger partial charge in [0.05, 0.1) is 23.7 Å². The van der Waals surface area contributed by atoms with Gasteiger partial charge in [-0.25, -0.2) is 0 Å². The fourth-order valence-electron chi connectivity index (χ4n) is 2.86. The van der Waals surface area contributed by atoms with Gasteiger partial charge >= 0.3 is 6.61 Å². The van der Waals surface area contributed by atoms with Crippen LogP contribution in [-0.2, 0) is 4.79 Å². The molecule has 1 aliphatic heterocycles. The summed E-state index contributed by atoms with van der Waals surface area (Å²) in [5.41, 5.74) is -0.399. The predicted octanol–water partition coefficient (Wildman–Crippen LogP) is 3.48. The van der Waals surface area contributed by atoms with Gasteiger partial charge in [0.15, 0.2) is 11.5 Å². The van der Waals surface area contributed by atoms with Crippen LogP contribution < -0.4 is 9.47 Å². The van der Waals surface area contributed by atoms with Crippen molar-refractivity contribution in [3.05, 3.63) is 33.9 Å². The van der Waals surface area contributed by atoms with Crippen molar-refractivity contribution >= 4 is 17.7 Å². The summed E-state index contributed by atoms with van der Waals surface area (Å²) in [6.07, 6.45) is 4.50. The number of nitrogens with zero attached hydrogens (tertiary/aromatic N) is 2. The number of halogens is 2. The summed E-state index contributed by atoms with van der Waals surface area (Å²) >= 11 is 0. The molecule has 7 nitrogen and oxygen atoms in total. The minimum atomic E-state index is -3.15. The average molecular weight is 370 g/mol. The molecule has 0 N–H and O–H groups in total. The van der Waals surface area contributed by atoms with E-state index >= 15 is 0 Å². The summed E-state index contributed by atoms with van der Waals surface area (Å²) in [6.45, 7) is 0.184. The lowest BCUT2D eigenvalue weighted by Gasteiger charge is -2.30. The minimum absolute atomic E-state index is 0.0619. The molecule has 9 heteroatoms. The number of rotatable bonds is 6. The first-order valence-electron chi connectivity index (χ1n) is 8.10. The van der Waals surface area contributed by atoms with Gasteiger partial charge in [-0.3, -0.25) is 14.9 Å². The molecule has 2 rings (SSSR count). The maximum atomic E-state index is 12.4. The molecule has 1 amide bonds. The third kappa shape index (κ3) is 4.90. The molecular weight excluding hydrogens is 350 g/mol. The van der Waals surface area contributed by atoms with Crippen LogP contribution >= 0.6 is 0 Å². The van der Waals surface area contributed by atoms with Crippen molar-refractivity contribution in [2.24, 2.45) is 5.92 Å². The Morgan fingerprint density at radius 1 is 1.42 bits per heavy atom. The van der Waals surface area contributed by atoms with Crippen molar-refractivity contribution < 1.29 is 28.0 Å². The van der Waals surface area contributed by atoms with Crippen molar-refractivity contribution in [1.29, 1.82) is 0 Å². The number of carbonyl (C=O) groups excluding carboxylic acids is 1. The van der Waals surface area contributed by atoms with E-state index in [0.717, 1.165) is 18.9 Å². The van der Waals surface area contributed by atoms with E-state index in [1.165, 1.54) is 25.3 Å². The molecular formula is C17H20F2N2O5. The lowest BCUT2D eigenvalue weighted by Crippen LogP contribution is -2.38. The zero-order valence-corrected chi connectivity index (χ0v) is 14.5. The van der Waals surface area contributed by atoms with Crippen LogP contribution in [0.25, 0.3) is 6.08 Å². The molecule has 1 saturated heterocycles. The van der Waals surface area contributed by atoms with Crippen molar-refractivity contribution in [2.45, 2.75) is 26.4 Å². The summed E-state index contributed by atoms with van der Waals surface area (Å²) < 4.78 is 34.1. The number of nitro benzene ring substituents is 1. The SMILES string of the molecule is COc1cc(/C=C/C(=O)N2CCCC(C)C2)c([N+](=O)[O-])cc1OC(F)F. The molecule has 1 unspecified atom stereocenters. The van der Waals surface area contributed by atoms with E-state index in [1.54, 1.807) is 4.90 Å². The Bertz CT molecular complexity index is 709. The smallest absolute Gasteiger partial charge is 0.387 e.